The van der Waals surface area contributed by atoms with Crippen molar-refractivity contribution in [3.63, 3.8) is 0 Å². The second-order valence-electron chi connectivity index (χ2n) is 5.75. The van der Waals surface area contributed by atoms with Gasteiger partial charge in [-0.25, -0.2) is 0 Å². The molecule has 2 heteroatoms. The molecule has 3 N–H and O–H groups in total. The van der Waals surface area contributed by atoms with Crippen molar-refractivity contribution in [2.45, 2.75) is 39.2 Å². The number of nitrogens with two attached hydrogens (primary N) is 1. The number of hydrogen-bond donors (Lipinski definition) is 2. The maximum absolute atomic E-state index is 5.52. The largest absolute Gasteiger partial charge is 0.330 e. The van der Waals surface area contributed by atoms with Gasteiger partial charge in [0.2, 0.25) is 0 Å². The van der Waals surface area contributed by atoms with Crippen molar-refractivity contribution >= 4 is 0 Å². The smallest absolute Gasteiger partial charge is 0.0377 e. The van der Waals surface area contributed by atoms with Crippen LogP contribution in [0.25, 0.3) is 0 Å². The highest BCUT2D eigenvalue weighted by Crippen LogP contribution is 2.44. The molecule has 1 aromatic carbocycles. The first-order valence-electron chi connectivity index (χ1n) is 6.66. The average molecular weight is 232 g/mol. The zero-order valence-corrected chi connectivity index (χ0v) is 11.0. The lowest BCUT2D eigenvalue weighted by Gasteiger charge is -2.28. The van der Waals surface area contributed by atoms with Gasteiger partial charge < -0.3 is 11.1 Å². The topological polar surface area (TPSA) is 38.0 Å². The molecule has 0 aliphatic heterocycles. The molecule has 0 saturated heterocycles. The van der Waals surface area contributed by atoms with E-state index >= 15 is 0 Å². The molecule has 17 heavy (non-hydrogen) atoms. The van der Waals surface area contributed by atoms with Crippen molar-refractivity contribution in [3.05, 3.63) is 35.4 Å². The molecule has 2 nitrogen and oxygen atoms in total. The molecule has 1 atom stereocenters. The zero-order chi connectivity index (χ0) is 12.3. The molecule has 0 radical (unpaired) electrons. The highest BCUT2D eigenvalue weighted by molar-refractivity contribution is 5.37. The quantitative estimate of drug-likeness (QED) is 0.766. The van der Waals surface area contributed by atoms with Crippen LogP contribution in [0, 0.1) is 5.41 Å². The fourth-order valence-corrected chi connectivity index (χ4v) is 2.89. The van der Waals surface area contributed by atoms with E-state index < -0.39 is 0 Å². The summed E-state index contributed by atoms with van der Waals surface area (Å²) in [5.41, 5.74) is 8.85. The summed E-state index contributed by atoms with van der Waals surface area (Å²) < 4.78 is 0. The van der Waals surface area contributed by atoms with Crippen LogP contribution in [0.1, 0.15) is 43.9 Å². The lowest BCUT2D eigenvalue weighted by atomic mass is 9.85. The minimum Gasteiger partial charge on any atom is -0.330 e. The molecule has 0 saturated carbocycles. The summed E-state index contributed by atoms with van der Waals surface area (Å²) in [5.74, 6) is 0. The highest BCUT2D eigenvalue weighted by atomic mass is 14.9. The summed E-state index contributed by atoms with van der Waals surface area (Å²) in [6, 6.07) is 9.32. The Bertz CT molecular complexity index is 371. The van der Waals surface area contributed by atoms with Gasteiger partial charge in [0.1, 0.15) is 0 Å². The van der Waals surface area contributed by atoms with Gasteiger partial charge in [-0.15, -0.1) is 0 Å². The van der Waals surface area contributed by atoms with Gasteiger partial charge in [-0.2, -0.15) is 0 Å². The second-order valence-corrected chi connectivity index (χ2v) is 5.75. The first-order valence-corrected chi connectivity index (χ1v) is 6.66. The van der Waals surface area contributed by atoms with Crippen molar-refractivity contribution in [1.82, 2.24) is 5.32 Å². The Hall–Kier alpha value is -0.860. The molecule has 2 rings (SSSR count). The van der Waals surface area contributed by atoms with Gasteiger partial charge in [0, 0.05) is 6.04 Å². The highest BCUT2D eigenvalue weighted by Gasteiger charge is 2.37. The van der Waals surface area contributed by atoms with Crippen LogP contribution in [-0.4, -0.2) is 13.1 Å². The van der Waals surface area contributed by atoms with Crippen molar-refractivity contribution < 1.29 is 0 Å². The molecule has 94 valence electrons. The standard InChI is InChI=1S/C15H24N2/c1-15(2)11-12-7-3-4-8-13(12)14(15)17-10-6-5-9-16/h3-4,7-8,14,17H,5-6,9-11,16H2,1-2H3. The molecule has 0 fully saturated rings. The molecule has 1 aliphatic carbocycles. The maximum Gasteiger partial charge on any atom is 0.0377 e. The van der Waals surface area contributed by atoms with Crippen LogP contribution in [0.4, 0.5) is 0 Å². The summed E-state index contributed by atoms with van der Waals surface area (Å²) in [6.45, 7) is 6.58. The molecular formula is C15H24N2. The van der Waals surface area contributed by atoms with E-state index in [0.717, 1.165) is 19.5 Å². The van der Waals surface area contributed by atoms with E-state index in [1.165, 1.54) is 24.0 Å². The van der Waals surface area contributed by atoms with E-state index in [0.29, 0.717) is 11.5 Å². The average Bonchev–Trinajstić information content (AvgIpc) is 2.55. The Morgan fingerprint density at radius 3 is 2.82 bits per heavy atom. The number of fused-ring (bicyclic) bond motifs is 1. The fraction of sp³-hybridized carbons (Fsp3) is 0.600. The lowest BCUT2D eigenvalue weighted by Crippen LogP contribution is -2.32. The molecule has 1 aliphatic rings. The Labute approximate surface area is 105 Å². The van der Waals surface area contributed by atoms with E-state index in [9.17, 15) is 0 Å². The second kappa shape index (κ2) is 5.19. The molecule has 0 amide bonds. The zero-order valence-electron chi connectivity index (χ0n) is 11.0. The van der Waals surface area contributed by atoms with Gasteiger partial charge in [-0.3, -0.25) is 0 Å². The lowest BCUT2D eigenvalue weighted by molar-refractivity contribution is 0.269. The van der Waals surface area contributed by atoms with Gasteiger partial charge in [0.05, 0.1) is 0 Å². The third kappa shape index (κ3) is 2.70. The van der Waals surface area contributed by atoms with Crippen LogP contribution in [0.3, 0.4) is 0 Å². The summed E-state index contributed by atoms with van der Waals surface area (Å²) in [4.78, 5) is 0. The van der Waals surface area contributed by atoms with E-state index in [1.807, 2.05) is 0 Å². The molecular weight excluding hydrogens is 208 g/mol. The Morgan fingerprint density at radius 2 is 2.06 bits per heavy atom. The molecule has 0 aromatic heterocycles. The minimum absolute atomic E-state index is 0.326. The molecule has 1 unspecified atom stereocenters. The maximum atomic E-state index is 5.52. The van der Waals surface area contributed by atoms with Crippen LogP contribution >= 0.6 is 0 Å². The number of nitrogens with one attached hydrogen (secondary N) is 1. The van der Waals surface area contributed by atoms with Crippen molar-refractivity contribution in [2.24, 2.45) is 11.1 Å². The minimum atomic E-state index is 0.326. The first-order chi connectivity index (χ1) is 8.15. The molecule has 0 bridgehead atoms. The van der Waals surface area contributed by atoms with Crippen LogP contribution in [0.15, 0.2) is 24.3 Å². The normalized spacial score (nSPS) is 21.5. The van der Waals surface area contributed by atoms with Gasteiger partial charge in [-0.05, 0) is 48.9 Å². The van der Waals surface area contributed by atoms with Crippen molar-refractivity contribution in [3.8, 4) is 0 Å². The van der Waals surface area contributed by atoms with Crippen LogP contribution in [-0.2, 0) is 6.42 Å². The molecule has 1 aromatic rings. The van der Waals surface area contributed by atoms with Crippen molar-refractivity contribution in [1.29, 1.82) is 0 Å². The van der Waals surface area contributed by atoms with Crippen LogP contribution < -0.4 is 11.1 Å². The SMILES string of the molecule is CC1(C)Cc2ccccc2C1NCCCCN. The summed E-state index contributed by atoms with van der Waals surface area (Å²) >= 11 is 0. The number of benzene rings is 1. The van der Waals surface area contributed by atoms with Crippen molar-refractivity contribution in [2.75, 3.05) is 13.1 Å². The van der Waals surface area contributed by atoms with E-state index in [2.05, 4.69) is 43.4 Å². The predicted molar refractivity (Wildman–Crippen MR) is 73.0 cm³/mol. The fourth-order valence-electron chi connectivity index (χ4n) is 2.89. The Morgan fingerprint density at radius 1 is 1.29 bits per heavy atom. The van der Waals surface area contributed by atoms with Gasteiger partial charge in [-0.1, -0.05) is 38.1 Å². The molecule has 0 spiro atoms. The Kier molecular flexibility index (Phi) is 3.85. The van der Waals surface area contributed by atoms with Gasteiger partial charge in [0.15, 0.2) is 0 Å². The third-order valence-electron chi connectivity index (χ3n) is 3.77. The summed E-state index contributed by atoms with van der Waals surface area (Å²) in [5, 5.41) is 3.71. The first kappa shape index (κ1) is 12.6. The predicted octanol–water partition coefficient (Wildman–Crippen LogP) is 2.64. The van der Waals surface area contributed by atoms with E-state index in [1.54, 1.807) is 0 Å². The molecule has 0 heterocycles. The van der Waals surface area contributed by atoms with E-state index in [4.69, 9.17) is 5.73 Å². The van der Waals surface area contributed by atoms with Gasteiger partial charge in [0.25, 0.3) is 0 Å². The van der Waals surface area contributed by atoms with Crippen LogP contribution in [0.2, 0.25) is 0 Å². The number of unbranched alkanes of at least 4 members (excludes halogenated alkanes) is 1. The summed E-state index contributed by atoms with van der Waals surface area (Å²) in [6.07, 6.45) is 3.46. The van der Waals surface area contributed by atoms with Crippen LogP contribution in [0.5, 0.6) is 0 Å². The monoisotopic (exact) mass is 232 g/mol. The third-order valence-corrected chi connectivity index (χ3v) is 3.77. The summed E-state index contributed by atoms with van der Waals surface area (Å²) in [7, 11) is 0. The number of hydrogen-bond acceptors (Lipinski definition) is 2. The van der Waals surface area contributed by atoms with Gasteiger partial charge >= 0.3 is 0 Å². The Balaban J connectivity index is 2.04. The van der Waals surface area contributed by atoms with E-state index in [-0.39, 0.29) is 0 Å². The number of rotatable bonds is 5.